The Morgan fingerprint density at radius 2 is 2.25 bits per heavy atom. The zero-order valence-electron chi connectivity index (χ0n) is 8.68. The minimum Gasteiger partial charge on any atom is -0.508 e. The quantitative estimate of drug-likeness (QED) is 0.828. The van der Waals surface area contributed by atoms with Gasteiger partial charge in [0.1, 0.15) is 11.5 Å². The summed E-state index contributed by atoms with van der Waals surface area (Å²) in [5.74, 6) is 1.73. The van der Waals surface area contributed by atoms with Crippen LogP contribution in [0, 0.1) is 0 Å². The van der Waals surface area contributed by atoms with Gasteiger partial charge in [-0.3, -0.25) is 0 Å². The number of hydrogen-bond donors (Lipinski definition) is 2. The molecule has 4 nitrogen and oxygen atoms in total. The molecule has 1 heterocycles. The van der Waals surface area contributed by atoms with E-state index in [0.717, 1.165) is 11.4 Å². The summed E-state index contributed by atoms with van der Waals surface area (Å²) in [4.78, 5) is 4.14. The zero-order chi connectivity index (χ0) is 11.0. The maximum atomic E-state index is 9.30. The van der Waals surface area contributed by atoms with Gasteiger partial charge in [0.25, 0.3) is 6.01 Å². The molecule has 82 valence electrons. The monoisotopic (exact) mass is 216 g/mol. The number of nitrogens with one attached hydrogen (secondary N) is 1. The Balaban J connectivity index is 1.77. The number of phenols is 1. The third kappa shape index (κ3) is 1.86. The molecule has 1 saturated carbocycles. The lowest BCUT2D eigenvalue weighted by Crippen LogP contribution is -1.88. The average molecular weight is 216 g/mol. The molecule has 0 bridgehead atoms. The lowest BCUT2D eigenvalue weighted by atomic mass is 10.3. The van der Waals surface area contributed by atoms with Crippen LogP contribution in [0.1, 0.15) is 24.5 Å². The molecular weight excluding hydrogens is 204 g/mol. The fraction of sp³-hybridized carbons (Fsp3) is 0.250. The minimum atomic E-state index is 0.221. The van der Waals surface area contributed by atoms with E-state index in [1.54, 1.807) is 24.4 Å². The normalized spacial score (nSPS) is 15.0. The van der Waals surface area contributed by atoms with Crippen LogP contribution in [0.4, 0.5) is 11.7 Å². The fourth-order valence-electron chi connectivity index (χ4n) is 1.61. The Hall–Kier alpha value is -1.97. The molecule has 1 fully saturated rings. The minimum absolute atomic E-state index is 0.221. The second-order valence-electron chi connectivity index (χ2n) is 4.02. The van der Waals surface area contributed by atoms with Crippen LogP contribution >= 0.6 is 0 Å². The number of anilines is 2. The Bertz CT molecular complexity index is 503. The first kappa shape index (κ1) is 9.27. The van der Waals surface area contributed by atoms with E-state index in [1.807, 2.05) is 6.07 Å². The van der Waals surface area contributed by atoms with Gasteiger partial charge in [0.15, 0.2) is 0 Å². The molecule has 1 aliphatic carbocycles. The number of benzene rings is 1. The summed E-state index contributed by atoms with van der Waals surface area (Å²) >= 11 is 0. The second kappa shape index (κ2) is 3.56. The van der Waals surface area contributed by atoms with Gasteiger partial charge in [-0.25, -0.2) is 4.98 Å². The summed E-state index contributed by atoms with van der Waals surface area (Å²) in [6.45, 7) is 0. The summed E-state index contributed by atoms with van der Waals surface area (Å²) < 4.78 is 5.55. The van der Waals surface area contributed by atoms with Crippen molar-refractivity contribution in [2.24, 2.45) is 0 Å². The molecule has 1 aromatic carbocycles. The highest BCUT2D eigenvalue weighted by Crippen LogP contribution is 2.40. The van der Waals surface area contributed by atoms with E-state index in [2.05, 4.69) is 10.3 Å². The van der Waals surface area contributed by atoms with Gasteiger partial charge >= 0.3 is 0 Å². The highest BCUT2D eigenvalue weighted by molar-refractivity contribution is 5.54. The van der Waals surface area contributed by atoms with Crippen LogP contribution in [0.5, 0.6) is 5.75 Å². The number of oxazole rings is 1. The summed E-state index contributed by atoms with van der Waals surface area (Å²) in [5, 5.41) is 12.3. The maximum absolute atomic E-state index is 9.30. The van der Waals surface area contributed by atoms with Gasteiger partial charge in [0, 0.05) is 17.7 Å². The van der Waals surface area contributed by atoms with Gasteiger partial charge in [-0.1, -0.05) is 6.07 Å². The molecular formula is C12H12N2O2. The first-order valence-electron chi connectivity index (χ1n) is 5.33. The van der Waals surface area contributed by atoms with Crippen LogP contribution in [0.15, 0.2) is 34.9 Å². The predicted molar refractivity (Wildman–Crippen MR) is 59.9 cm³/mol. The summed E-state index contributed by atoms with van der Waals surface area (Å²) in [6.07, 6.45) is 4.16. The molecule has 0 spiro atoms. The van der Waals surface area contributed by atoms with Gasteiger partial charge in [-0.05, 0) is 25.0 Å². The van der Waals surface area contributed by atoms with Crippen molar-refractivity contribution in [3.05, 3.63) is 36.2 Å². The molecule has 4 heteroatoms. The van der Waals surface area contributed by atoms with Crippen molar-refractivity contribution < 1.29 is 9.52 Å². The average Bonchev–Trinajstić information content (AvgIpc) is 3.01. The molecule has 0 unspecified atom stereocenters. The van der Waals surface area contributed by atoms with Gasteiger partial charge < -0.3 is 14.8 Å². The maximum Gasteiger partial charge on any atom is 0.299 e. The summed E-state index contributed by atoms with van der Waals surface area (Å²) in [5.41, 5.74) is 0.768. The van der Waals surface area contributed by atoms with Crippen LogP contribution in [0.3, 0.4) is 0 Å². The molecule has 0 saturated heterocycles. The Labute approximate surface area is 92.9 Å². The van der Waals surface area contributed by atoms with Crippen molar-refractivity contribution in [2.45, 2.75) is 18.8 Å². The van der Waals surface area contributed by atoms with E-state index in [1.165, 1.54) is 12.8 Å². The first-order chi connectivity index (χ1) is 7.81. The van der Waals surface area contributed by atoms with Crippen molar-refractivity contribution >= 4 is 11.7 Å². The SMILES string of the molecule is Oc1cccc(Nc2ncc(C3CC3)o2)c1. The standard InChI is InChI=1S/C12H12N2O2/c15-10-3-1-2-9(6-10)14-12-13-7-11(16-12)8-4-5-8/h1-3,6-8,15H,4-5H2,(H,13,14). The van der Waals surface area contributed by atoms with Crippen LogP contribution < -0.4 is 5.32 Å². The van der Waals surface area contributed by atoms with Crippen molar-refractivity contribution in [3.63, 3.8) is 0 Å². The summed E-state index contributed by atoms with van der Waals surface area (Å²) in [6, 6.07) is 7.34. The van der Waals surface area contributed by atoms with Gasteiger partial charge in [0.2, 0.25) is 0 Å². The van der Waals surface area contributed by atoms with E-state index < -0.39 is 0 Å². The second-order valence-corrected chi connectivity index (χ2v) is 4.02. The van der Waals surface area contributed by atoms with Crippen molar-refractivity contribution in [3.8, 4) is 5.75 Å². The highest BCUT2D eigenvalue weighted by atomic mass is 16.4. The molecule has 2 aromatic rings. The predicted octanol–water partition coefficient (Wildman–Crippen LogP) is 3.00. The number of rotatable bonds is 3. The largest absolute Gasteiger partial charge is 0.508 e. The van der Waals surface area contributed by atoms with Gasteiger partial charge in [-0.2, -0.15) is 0 Å². The zero-order valence-corrected chi connectivity index (χ0v) is 8.68. The van der Waals surface area contributed by atoms with Crippen LogP contribution in [-0.2, 0) is 0 Å². The van der Waals surface area contributed by atoms with Crippen LogP contribution in [0.25, 0.3) is 0 Å². The van der Waals surface area contributed by atoms with Crippen LogP contribution in [0.2, 0.25) is 0 Å². The topological polar surface area (TPSA) is 58.3 Å². The molecule has 2 N–H and O–H groups in total. The van der Waals surface area contributed by atoms with E-state index in [-0.39, 0.29) is 5.75 Å². The lowest BCUT2D eigenvalue weighted by molar-refractivity contribution is 0.475. The van der Waals surface area contributed by atoms with Crippen molar-refractivity contribution in [2.75, 3.05) is 5.32 Å². The molecule has 0 aliphatic heterocycles. The molecule has 3 rings (SSSR count). The third-order valence-electron chi connectivity index (χ3n) is 2.60. The molecule has 0 amide bonds. The lowest BCUT2D eigenvalue weighted by Gasteiger charge is -2.01. The highest BCUT2D eigenvalue weighted by Gasteiger charge is 2.27. The van der Waals surface area contributed by atoms with Crippen molar-refractivity contribution in [1.82, 2.24) is 4.98 Å². The van der Waals surface area contributed by atoms with Gasteiger partial charge in [0.05, 0.1) is 6.20 Å². The molecule has 0 atom stereocenters. The van der Waals surface area contributed by atoms with E-state index in [9.17, 15) is 5.11 Å². The van der Waals surface area contributed by atoms with Gasteiger partial charge in [-0.15, -0.1) is 0 Å². The Morgan fingerprint density at radius 1 is 1.38 bits per heavy atom. The first-order valence-corrected chi connectivity index (χ1v) is 5.33. The number of hydrogen-bond acceptors (Lipinski definition) is 4. The number of aromatic nitrogens is 1. The van der Waals surface area contributed by atoms with E-state index in [4.69, 9.17) is 4.42 Å². The number of aromatic hydroxyl groups is 1. The fourth-order valence-corrected chi connectivity index (χ4v) is 1.61. The molecule has 1 aromatic heterocycles. The van der Waals surface area contributed by atoms with E-state index in [0.29, 0.717) is 11.9 Å². The van der Waals surface area contributed by atoms with Crippen molar-refractivity contribution in [1.29, 1.82) is 0 Å². The number of nitrogens with zero attached hydrogens (tertiary/aromatic N) is 1. The van der Waals surface area contributed by atoms with Crippen LogP contribution in [-0.4, -0.2) is 10.1 Å². The Morgan fingerprint density at radius 3 is 3.00 bits per heavy atom. The smallest absolute Gasteiger partial charge is 0.299 e. The Kier molecular flexibility index (Phi) is 2.06. The molecule has 16 heavy (non-hydrogen) atoms. The molecule has 0 radical (unpaired) electrons. The number of phenolic OH excluding ortho intramolecular Hbond substituents is 1. The molecule has 1 aliphatic rings. The van der Waals surface area contributed by atoms with E-state index >= 15 is 0 Å². The third-order valence-corrected chi connectivity index (χ3v) is 2.60. The summed E-state index contributed by atoms with van der Waals surface area (Å²) in [7, 11) is 0.